The molecule has 2 aromatic rings. The molecule has 0 amide bonds. The van der Waals surface area contributed by atoms with Crippen LogP contribution < -0.4 is 10.1 Å². The summed E-state index contributed by atoms with van der Waals surface area (Å²) in [7, 11) is 1.58. The van der Waals surface area contributed by atoms with Crippen molar-refractivity contribution >= 4 is 29.2 Å². The maximum Gasteiger partial charge on any atom is 0.308 e. The van der Waals surface area contributed by atoms with Crippen LogP contribution in [0.5, 0.6) is 5.75 Å². The average molecular weight is 514 g/mol. The Bertz CT molecular complexity index is 904. The molecule has 0 heterocycles. The predicted octanol–water partition coefficient (Wildman–Crippen LogP) is 5.09. The topological polar surface area (TPSA) is 86.3 Å². The molecule has 2 N–H and O–H groups in total. The van der Waals surface area contributed by atoms with Crippen LogP contribution in [-0.4, -0.2) is 50.4 Å². The third kappa shape index (κ3) is 9.41. The highest BCUT2D eigenvalue weighted by atomic mass is 35.5. The fourth-order valence-electron chi connectivity index (χ4n) is 3.28. The molecule has 2 aromatic carbocycles. The molecule has 188 valence electrons. The lowest BCUT2D eigenvalue weighted by Crippen LogP contribution is -2.33. The highest BCUT2D eigenvalue weighted by Crippen LogP contribution is 2.38. The Labute approximate surface area is 211 Å². The zero-order valence-corrected chi connectivity index (χ0v) is 21.5. The lowest BCUT2D eigenvalue weighted by molar-refractivity contribution is -0.155. The van der Waals surface area contributed by atoms with E-state index in [0.29, 0.717) is 29.5 Å². The quantitative estimate of drug-likeness (QED) is 0.219. The van der Waals surface area contributed by atoms with Gasteiger partial charge in [0.2, 0.25) is 0 Å². The minimum absolute atomic E-state index is 0.0435. The van der Waals surface area contributed by atoms with Gasteiger partial charge in [0.05, 0.1) is 37.3 Å². The SMILES string of the molecule is COCCOCOc1c(Cl)cc(Cl)cc1C(CC(=O)OC(C)(C)C)N[C@@H](CO)c1ccccc1. The number of esters is 1. The van der Waals surface area contributed by atoms with Gasteiger partial charge in [-0.25, -0.2) is 0 Å². The van der Waals surface area contributed by atoms with Gasteiger partial charge in [-0.2, -0.15) is 0 Å². The Kier molecular flexibility index (Phi) is 11.6. The molecular weight excluding hydrogens is 481 g/mol. The minimum Gasteiger partial charge on any atom is -0.466 e. The van der Waals surface area contributed by atoms with Gasteiger partial charge in [0.15, 0.2) is 6.79 Å². The Morgan fingerprint density at radius 3 is 2.41 bits per heavy atom. The van der Waals surface area contributed by atoms with E-state index in [1.54, 1.807) is 40.0 Å². The van der Waals surface area contributed by atoms with Crippen molar-refractivity contribution in [3.05, 3.63) is 63.6 Å². The third-order valence-corrected chi connectivity index (χ3v) is 5.21. The Hall–Kier alpha value is -1.87. The largest absolute Gasteiger partial charge is 0.466 e. The molecule has 0 aliphatic rings. The molecule has 0 saturated carbocycles. The first-order chi connectivity index (χ1) is 16.1. The first-order valence-electron chi connectivity index (χ1n) is 11.0. The van der Waals surface area contributed by atoms with Crippen molar-refractivity contribution in [2.45, 2.75) is 44.9 Å². The summed E-state index contributed by atoms with van der Waals surface area (Å²) >= 11 is 12.8. The van der Waals surface area contributed by atoms with Crippen molar-refractivity contribution < 1.29 is 28.8 Å². The summed E-state index contributed by atoms with van der Waals surface area (Å²) < 4.78 is 21.8. The molecular formula is C25H33Cl2NO6. The van der Waals surface area contributed by atoms with Crippen molar-refractivity contribution in [1.82, 2.24) is 5.32 Å². The number of ether oxygens (including phenoxy) is 4. The Balaban J connectivity index is 2.39. The number of rotatable bonds is 13. The molecule has 0 fully saturated rings. The van der Waals surface area contributed by atoms with Crippen LogP contribution in [0.2, 0.25) is 10.0 Å². The van der Waals surface area contributed by atoms with E-state index in [9.17, 15) is 9.90 Å². The molecule has 7 nitrogen and oxygen atoms in total. The first-order valence-corrected chi connectivity index (χ1v) is 11.7. The van der Waals surface area contributed by atoms with E-state index < -0.39 is 23.7 Å². The monoisotopic (exact) mass is 513 g/mol. The summed E-state index contributed by atoms with van der Waals surface area (Å²) in [5.41, 5.74) is 0.753. The van der Waals surface area contributed by atoms with Crippen LogP contribution in [0.25, 0.3) is 0 Å². The second-order valence-electron chi connectivity index (χ2n) is 8.62. The van der Waals surface area contributed by atoms with Gasteiger partial charge in [-0.15, -0.1) is 0 Å². The van der Waals surface area contributed by atoms with E-state index in [0.717, 1.165) is 5.56 Å². The van der Waals surface area contributed by atoms with Crippen LogP contribution in [0.4, 0.5) is 0 Å². The van der Waals surface area contributed by atoms with Crippen molar-refractivity contribution in [3.8, 4) is 5.75 Å². The van der Waals surface area contributed by atoms with Gasteiger partial charge in [0.25, 0.3) is 0 Å². The van der Waals surface area contributed by atoms with Crippen LogP contribution in [0.1, 0.15) is 50.4 Å². The van der Waals surface area contributed by atoms with E-state index >= 15 is 0 Å². The van der Waals surface area contributed by atoms with Gasteiger partial charge in [-0.3, -0.25) is 4.79 Å². The summed E-state index contributed by atoms with van der Waals surface area (Å²) in [5.74, 6) is -0.0950. The molecule has 2 atom stereocenters. The smallest absolute Gasteiger partial charge is 0.308 e. The number of aliphatic hydroxyl groups is 1. The molecule has 0 radical (unpaired) electrons. The molecule has 1 unspecified atom stereocenters. The van der Waals surface area contributed by atoms with Gasteiger partial charge < -0.3 is 29.4 Å². The number of hydrogen-bond donors (Lipinski definition) is 2. The summed E-state index contributed by atoms with van der Waals surface area (Å²) in [5, 5.41) is 14.1. The minimum atomic E-state index is -0.655. The molecule has 0 saturated heterocycles. The molecule has 0 bridgehead atoms. The first kappa shape index (κ1) is 28.4. The number of benzene rings is 2. The fraction of sp³-hybridized carbons (Fsp3) is 0.480. The van der Waals surface area contributed by atoms with Crippen LogP contribution >= 0.6 is 23.2 Å². The van der Waals surface area contributed by atoms with Crippen molar-refractivity contribution in [2.24, 2.45) is 0 Å². The number of carbonyl (C=O) groups excluding carboxylic acids is 1. The number of halogens is 2. The van der Waals surface area contributed by atoms with Gasteiger partial charge >= 0.3 is 5.97 Å². The molecule has 0 spiro atoms. The average Bonchev–Trinajstić information content (AvgIpc) is 2.76. The normalized spacial score (nSPS) is 13.4. The van der Waals surface area contributed by atoms with Crippen LogP contribution in [0.3, 0.4) is 0 Å². The maximum atomic E-state index is 12.8. The summed E-state index contributed by atoms with van der Waals surface area (Å²) in [6.45, 7) is 5.90. The summed E-state index contributed by atoms with van der Waals surface area (Å²) in [6, 6.07) is 11.6. The second-order valence-corrected chi connectivity index (χ2v) is 9.47. The van der Waals surface area contributed by atoms with E-state index in [1.807, 2.05) is 30.3 Å². The maximum absolute atomic E-state index is 12.8. The molecule has 9 heteroatoms. The third-order valence-electron chi connectivity index (χ3n) is 4.71. The van der Waals surface area contributed by atoms with Crippen LogP contribution in [0, 0.1) is 0 Å². The lowest BCUT2D eigenvalue weighted by atomic mass is 9.99. The fourth-order valence-corrected chi connectivity index (χ4v) is 3.85. The number of aliphatic hydroxyl groups excluding tert-OH is 1. The zero-order valence-electron chi connectivity index (χ0n) is 20.0. The van der Waals surface area contributed by atoms with Gasteiger partial charge in [-0.1, -0.05) is 53.5 Å². The number of nitrogens with one attached hydrogen (secondary N) is 1. The van der Waals surface area contributed by atoms with E-state index in [1.165, 1.54) is 0 Å². The Morgan fingerprint density at radius 2 is 1.79 bits per heavy atom. The van der Waals surface area contributed by atoms with E-state index in [4.69, 9.17) is 42.1 Å². The van der Waals surface area contributed by atoms with Gasteiger partial charge in [0, 0.05) is 23.7 Å². The van der Waals surface area contributed by atoms with Crippen LogP contribution in [-0.2, 0) is 19.0 Å². The lowest BCUT2D eigenvalue weighted by Gasteiger charge is -2.28. The van der Waals surface area contributed by atoms with Gasteiger partial charge in [0.1, 0.15) is 11.4 Å². The molecule has 0 aliphatic heterocycles. The summed E-state index contributed by atoms with van der Waals surface area (Å²) in [6.07, 6.45) is -0.0435. The van der Waals surface area contributed by atoms with Gasteiger partial charge in [-0.05, 0) is 38.5 Å². The predicted molar refractivity (Wildman–Crippen MR) is 132 cm³/mol. The van der Waals surface area contributed by atoms with E-state index in [2.05, 4.69) is 5.32 Å². The number of methoxy groups -OCH3 is 1. The van der Waals surface area contributed by atoms with Crippen molar-refractivity contribution in [2.75, 3.05) is 33.7 Å². The Morgan fingerprint density at radius 1 is 1.09 bits per heavy atom. The summed E-state index contributed by atoms with van der Waals surface area (Å²) in [4.78, 5) is 12.8. The van der Waals surface area contributed by atoms with E-state index in [-0.39, 0.29) is 24.8 Å². The highest BCUT2D eigenvalue weighted by molar-refractivity contribution is 6.35. The standard InChI is InChI=1S/C25H33Cl2NO6/c1-25(2,3)34-23(30)14-21(28-22(15-29)17-8-6-5-7-9-17)19-12-18(26)13-20(27)24(19)33-16-32-11-10-31-4/h5-9,12-13,21-22,28-29H,10-11,14-16H2,1-4H3/t21?,22-/m0/s1. The highest BCUT2D eigenvalue weighted by Gasteiger charge is 2.28. The molecule has 34 heavy (non-hydrogen) atoms. The van der Waals surface area contributed by atoms with Crippen LogP contribution in [0.15, 0.2) is 42.5 Å². The second kappa shape index (κ2) is 13.9. The van der Waals surface area contributed by atoms with Crippen molar-refractivity contribution in [1.29, 1.82) is 0 Å². The van der Waals surface area contributed by atoms with Crippen molar-refractivity contribution in [3.63, 3.8) is 0 Å². The molecule has 2 rings (SSSR count). The number of hydrogen-bond acceptors (Lipinski definition) is 7. The molecule has 0 aliphatic carbocycles. The number of carbonyl (C=O) groups is 1. The molecule has 0 aromatic heterocycles. The zero-order chi connectivity index (χ0) is 25.1.